The molecule has 0 aliphatic heterocycles. The van der Waals surface area contributed by atoms with Crippen LogP contribution in [0.3, 0.4) is 0 Å². The first-order chi connectivity index (χ1) is 18.9. The molecule has 6 rings (SSSR count). The minimum Gasteiger partial charge on any atom is -0.494 e. The average Bonchev–Trinajstić information content (AvgIpc) is 3.46. The second kappa shape index (κ2) is 9.53. The fourth-order valence-electron chi connectivity index (χ4n) is 5.42. The van der Waals surface area contributed by atoms with Crippen molar-refractivity contribution in [3.05, 3.63) is 89.6 Å². The van der Waals surface area contributed by atoms with Crippen molar-refractivity contribution in [3.63, 3.8) is 0 Å². The minimum absolute atomic E-state index is 0.205. The van der Waals surface area contributed by atoms with E-state index in [9.17, 15) is 9.90 Å². The molecule has 0 atom stereocenters. The summed E-state index contributed by atoms with van der Waals surface area (Å²) in [5.74, 6) is 0.410. The van der Waals surface area contributed by atoms with Gasteiger partial charge in [0.2, 0.25) is 5.88 Å². The molecule has 0 bridgehead atoms. The Morgan fingerprint density at radius 1 is 0.974 bits per heavy atom. The van der Waals surface area contributed by atoms with Crippen LogP contribution in [0.2, 0.25) is 0 Å². The van der Waals surface area contributed by atoms with Crippen molar-refractivity contribution >= 4 is 38.5 Å². The van der Waals surface area contributed by atoms with Crippen molar-refractivity contribution < 1.29 is 19.4 Å². The van der Waals surface area contributed by atoms with Gasteiger partial charge in [-0.15, -0.1) is 0 Å². The second-order valence-corrected chi connectivity index (χ2v) is 9.81. The highest BCUT2D eigenvalue weighted by Gasteiger charge is 2.20. The number of carbonyl (C=O) groups is 1. The van der Waals surface area contributed by atoms with E-state index in [4.69, 9.17) is 15.2 Å². The summed E-state index contributed by atoms with van der Waals surface area (Å²) in [4.78, 5) is 15.8. The number of hydrogen-bond acceptors (Lipinski definition) is 4. The molecule has 196 valence electrons. The summed E-state index contributed by atoms with van der Waals surface area (Å²) in [6, 6.07) is 21.6. The molecule has 6 aromatic rings. The Morgan fingerprint density at radius 2 is 1.82 bits per heavy atom. The Morgan fingerprint density at radius 3 is 2.62 bits per heavy atom. The third kappa shape index (κ3) is 4.08. The zero-order valence-electron chi connectivity index (χ0n) is 22.0. The van der Waals surface area contributed by atoms with Crippen LogP contribution in [0.15, 0.2) is 72.9 Å². The van der Waals surface area contributed by atoms with Crippen molar-refractivity contribution in [2.45, 2.75) is 13.8 Å². The van der Waals surface area contributed by atoms with Crippen LogP contribution >= 0.6 is 0 Å². The van der Waals surface area contributed by atoms with E-state index in [2.05, 4.69) is 11.1 Å². The van der Waals surface area contributed by atoms with Gasteiger partial charge < -0.3 is 25.3 Å². The van der Waals surface area contributed by atoms with Gasteiger partial charge in [-0.1, -0.05) is 35.9 Å². The first kappa shape index (κ1) is 24.6. The molecule has 7 nitrogen and oxygen atoms in total. The number of methoxy groups -OCH3 is 1. The van der Waals surface area contributed by atoms with Crippen LogP contribution in [-0.2, 0) is 4.74 Å². The molecular weight excluding hydrogens is 490 g/mol. The molecule has 7 heteroatoms. The lowest BCUT2D eigenvalue weighted by atomic mass is 9.93. The summed E-state index contributed by atoms with van der Waals surface area (Å²) in [5.41, 5.74) is 12.6. The number of aromatic amines is 1. The van der Waals surface area contributed by atoms with Crippen LogP contribution in [-0.4, -0.2) is 40.9 Å². The zero-order chi connectivity index (χ0) is 27.3. The zero-order valence-corrected chi connectivity index (χ0v) is 22.0. The van der Waals surface area contributed by atoms with Crippen molar-refractivity contribution in [1.82, 2.24) is 9.55 Å². The average molecular weight is 520 g/mol. The molecular formula is C32H29N3O4. The number of aromatic nitrogens is 2. The van der Waals surface area contributed by atoms with E-state index >= 15 is 0 Å². The Balaban J connectivity index is 1.56. The van der Waals surface area contributed by atoms with Gasteiger partial charge in [0.05, 0.1) is 28.9 Å². The molecule has 2 aromatic heterocycles. The number of primary amides is 1. The normalized spacial score (nSPS) is 11.6. The largest absolute Gasteiger partial charge is 0.494 e. The van der Waals surface area contributed by atoms with Crippen molar-refractivity contribution in [2.24, 2.45) is 5.73 Å². The number of nitrogens with one attached hydrogen (secondary N) is 1. The SMILES string of the molecule is COCCOc1ccc2c(c1)[nH]c1c(C(N)=O)ccc(-c3cccc(-n4cc5ccc(C)cc5c4O)c3C)c12. The Labute approximate surface area is 225 Å². The number of nitrogens with two attached hydrogens (primary N) is 1. The Kier molecular flexibility index (Phi) is 6.00. The number of rotatable bonds is 7. The van der Waals surface area contributed by atoms with E-state index < -0.39 is 5.91 Å². The highest BCUT2D eigenvalue weighted by Crippen LogP contribution is 2.41. The highest BCUT2D eigenvalue weighted by molar-refractivity contribution is 6.20. The standard InChI is InChI=1S/C32H29N3O4/c1-18-7-8-20-17-35(32(37)26(20)15-18)28-6-4-5-22(19(28)2)23-11-12-25(31(33)36)30-29(23)24-10-9-21(16-27(24)34-30)39-14-13-38-3/h4-12,15-17,34,37H,13-14H2,1-3H3,(H2,33,36). The predicted octanol–water partition coefficient (Wildman–Crippen LogP) is 6.38. The fraction of sp³-hybridized carbons (Fsp3) is 0.156. The lowest BCUT2D eigenvalue weighted by Crippen LogP contribution is -2.11. The minimum atomic E-state index is -0.501. The molecule has 0 spiro atoms. The number of hydrogen-bond donors (Lipinski definition) is 3. The summed E-state index contributed by atoms with van der Waals surface area (Å²) >= 11 is 0. The molecule has 1 amide bonds. The van der Waals surface area contributed by atoms with Crippen LogP contribution in [0.1, 0.15) is 21.5 Å². The molecule has 39 heavy (non-hydrogen) atoms. The van der Waals surface area contributed by atoms with E-state index in [1.54, 1.807) is 13.2 Å². The summed E-state index contributed by atoms with van der Waals surface area (Å²) in [7, 11) is 1.63. The van der Waals surface area contributed by atoms with E-state index in [1.807, 2.05) is 79.2 Å². The third-order valence-corrected chi connectivity index (χ3v) is 7.35. The van der Waals surface area contributed by atoms with Gasteiger partial charge in [0.1, 0.15) is 12.4 Å². The monoisotopic (exact) mass is 519 g/mol. The van der Waals surface area contributed by atoms with Crippen LogP contribution in [0.25, 0.3) is 49.4 Å². The third-order valence-electron chi connectivity index (χ3n) is 7.35. The van der Waals surface area contributed by atoms with Gasteiger partial charge in [-0.25, -0.2) is 0 Å². The van der Waals surface area contributed by atoms with Gasteiger partial charge >= 0.3 is 0 Å². The van der Waals surface area contributed by atoms with Gasteiger partial charge in [-0.3, -0.25) is 9.36 Å². The summed E-state index contributed by atoms with van der Waals surface area (Å²) < 4.78 is 12.7. The smallest absolute Gasteiger partial charge is 0.250 e. The summed E-state index contributed by atoms with van der Waals surface area (Å²) in [5, 5.41) is 14.8. The van der Waals surface area contributed by atoms with Gasteiger partial charge in [0, 0.05) is 40.9 Å². The van der Waals surface area contributed by atoms with Gasteiger partial charge in [0.15, 0.2) is 0 Å². The molecule has 4 N–H and O–H groups in total. The Bertz CT molecular complexity index is 1900. The van der Waals surface area contributed by atoms with Gasteiger partial charge in [0.25, 0.3) is 5.91 Å². The number of aryl methyl sites for hydroxylation is 1. The molecule has 0 radical (unpaired) electrons. The number of H-pyrrole nitrogens is 1. The summed E-state index contributed by atoms with van der Waals surface area (Å²) in [6.45, 7) is 4.98. The number of benzene rings is 4. The van der Waals surface area contributed by atoms with E-state index in [0.717, 1.165) is 55.0 Å². The van der Waals surface area contributed by atoms with Gasteiger partial charge in [-0.2, -0.15) is 0 Å². The van der Waals surface area contributed by atoms with Crippen LogP contribution in [0.4, 0.5) is 0 Å². The first-order valence-electron chi connectivity index (χ1n) is 12.8. The maximum Gasteiger partial charge on any atom is 0.250 e. The number of nitrogens with zero attached hydrogens (tertiary/aromatic N) is 1. The lowest BCUT2D eigenvalue weighted by Gasteiger charge is -2.15. The van der Waals surface area contributed by atoms with E-state index in [1.165, 1.54) is 0 Å². The highest BCUT2D eigenvalue weighted by atomic mass is 16.5. The van der Waals surface area contributed by atoms with Crippen molar-refractivity contribution in [2.75, 3.05) is 20.3 Å². The predicted molar refractivity (Wildman–Crippen MR) is 155 cm³/mol. The molecule has 0 fully saturated rings. The number of ether oxygens (including phenoxy) is 2. The molecule has 0 aliphatic rings. The molecule has 0 saturated carbocycles. The second-order valence-electron chi connectivity index (χ2n) is 9.81. The maximum absolute atomic E-state index is 12.4. The number of carbonyl (C=O) groups excluding carboxylic acids is 1. The molecule has 2 heterocycles. The topological polar surface area (TPSA) is 103 Å². The van der Waals surface area contributed by atoms with Crippen LogP contribution < -0.4 is 10.5 Å². The fourth-order valence-corrected chi connectivity index (χ4v) is 5.42. The van der Waals surface area contributed by atoms with Crippen molar-refractivity contribution in [3.8, 4) is 28.4 Å². The van der Waals surface area contributed by atoms with E-state index in [-0.39, 0.29) is 5.88 Å². The molecule has 4 aromatic carbocycles. The maximum atomic E-state index is 12.4. The van der Waals surface area contributed by atoms with Crippen molar-refractivity contribution in [1.29, 1.82) is 0 Å². The molecule has 0 unspecified atom stereocenters. The molecule has 0 aliphatic carbocycles. The molecule has 0 saturated heterocycles. The van der Waals surface area contributed by atoms with Crippen LogP contribution in [0, 0.1) is 13.8 Å². The quantitative estimate of drug-likeness (QED) is 0.213. The Hall–Kier alpha value is -4.75. The first-order valence-corrected chi connectivity index (χ1v) is 12.8. The van der Waals surface area contributed by atoms with Crippen LogP contribution in [0.5, 0.6) is 11.6 Å². The lowest BCUT2D eigenvalue weighted by molar-refractivity contribution is 0.100. The summed E-state index contributed by atoms with van der Waals surface area (Å²) in [6.07, 6.45) is 1.96. The number of amides is 1. The number of aromatic hydroxyl groups is 1. The number of fused-ring (bicyclic) bond motifs is 4. The van der Waals surface area contributed by atoms with E-state index in [0.29, 0.717) is 30.0 Å². The van der Waals surface area contributed by atoms with Gasteiger partial charge in [-0.05, 0) is 60.9 Å².